The van der Waals surface area contributed by atoms with Gasteiger partial charge in [0.25, 0.3) is 0 Å². The molecule has 1 atom stereocenters. The Morgan fingerprint density at radius 3 is 2.75 bits per heavy atom. The van der Waals surface area contributed by atoms with Crippen molar-refractivity contribution >= 4 is 10.9 Å². The molecule has 0 radical (unpaired) electrons. The van der Waals surface area contributed by atoms with E-state index in [4.69, 9.17) is 4.74 Å². The summed E-state index contributed by atoms with van der Waals surface area (Å²) in [6.45, 7) is 2.16. The van der Waals surface area contributed by atoms with Crippen molar-refractivity contribution in [1.82, 2.24) is 9.88 Å². The molecular weight excluding hydrogens is 200 g/mol. The molecule has 0 bridgehead atoms. The second-order valence-corrected chi connectivity index (χ2v) is 4.06. The van der Waals surface area contributed by atoms with Gasteiger partial charge in [0, 0.05) is 24.7 Å². The highest BCUT2D eigenvalue weighted by Crippen LogP contribution is 2.31. The van der Waals surface area contributed by atoms with Crippen LogP contribution in [0.25, 0.3) is 10.9 Å². The smallest absolute Gasteiger partial charge is 0.143 e. The topological polar surface area (TPSA) is 26.2 Å². The van der Waals surface area contributed by atoms with Crippen LogP contribution in [0.5, 0.6) is 5.75 Å². The predicted octanol–water partition coefficient (Wildman–Crippen LogP) is 2.47. The lowest BCUT2D eigenvalue weighted by atomic mass is 10.1. The lowest BCUT2D eigenvalue weighted by Crippen LogP contribution is -2.11. The minimum atomic E-state index is 0.343. The standard InChI is InChI=1S/C13H18N2O/c1-9(14-2)11-8-15(3)13-10(11)6-5-7-12(13)16-4/h5-9,14H,1-4H3. The van der Waals surface area contributed by atoms with Gasteiger partial charge in [-0.2, -0.15) is 0 Å². The third kappa shape index (κ3) is 1.57. The molecule has 2 aromatic rings. The molecule has 3 heteroatoms. The van der Waals surface area contributed by atoms with Crippen LogP contribution in [0.15, 0.2) is 24.4 Å². The normalized spacial score (nSPS) is 13.0. The highest BCUT2D eigenvalue weighted by atomic mass is 16.5. The summed E-state index contributed by atoms with van der Waals surface area (Å²) in [6, 6.07) is 6.51. The van der Waals surface area contributed by atoms with E-state index in [1.165, 1.54) is 10.9 Å². The van der Waals surface area contributed by atoms with Crippen molar-refractivity contribution in [3.8, 4) is 5.75 Å². The van der Waals surface area contributed by atoms with Crippen LogP contribution in [-0.2, 0) is 7.05 Å². The molecule has 0 amide bonds. The Morgan fingerprint density at radius 1 is 1.38 bits per heavy atom. The lowest BCUT2D eigenvalue weighted by molar-refractivity contribution is 0.418. The molecule has 2 rings (SSSR count). The molecule has 0 aliphatic carbocycles. The van der Waals surface area contributed by atoms with Crippen molar-refractivity contribution in [3.05, 3.63) is 30.0 Å². The van der Waals surface area contributed by atoms with Gasteiger partial charge in [-0.15, -0.1) is 0 Å². The summed E-state index contributed by atoms with van der Waals surface area (Å²) in [7, 11) is 5.74. The summed E-state index contributed by atoms with van der Waals surface area (Å²) in [5.74, 6) is 0.926. The van der Waals surface area contributed by atoms with Crippen molar-refractivity contribution in [2.24, 2.45) is 7.05 Å². The van der Waals surface area contributed by atoms with Gasteiger partial charge < -0.3 is 14.6 Å². The van der Waals surface area contributed by atoms with Crippen LogP contribution >= 0.6 is 0 Å². The monoisotopic (exact) mass is 218 g/mol. The Morgan fingerprint density at radius 2 is 2.12 bits per heavy atom. The number of ether oxygens (including phenoxy) is 1. The molecule has 1 aromatic heterocycles. The third-order valence-electron chi connectivity index (χ3n) is 3.11. The molecule has 0 saturated carbocycles. The molecule has 1 N–H and O–H groups in total. The Hall–Kier alpha value is -1.48. The Bertz CT molecular complexity index is 502. The molecule has 3 nitrogen and oxygen atoms in total. The zero-order valence-corrected chi connectivity index (χ0v) is 10.2. The number of nitrogens with one attached hydrogen (secondary N) is 1. The number of methoxy groups -OCH3 is 1. The molecule has 16 heavy (non-hydrogen) atoms. The Labute approximate surface area is 96.0 Å². The summed E-state index contributed by atoms with van der Waals surface area (Å²) in [5.41, 5.74) is 2.46. The van der Waals surface area contributed by atoms with E-state index in [1.807, 2.05) is 19.2 Å². The van der Waals surface area contributed by atoms with E-state index in [1.54, 1.807) is 7.11 Å². The zero-order valence-electron chi connectivity index (χ0n) is 10.2. The number of aryl methyl sites for hydroxylation is 1. The average molecular weight is 218 g/mol. The molecule has 1 aromatic carbocycles. The van der Waals surface area contributed by atoms with Gasteiger partial charge in [-0.25, -0.2) is 0 Å². The fourth-order valence-electron chi connectivity index (χ4n) is 2.13. The summed E-state index contributed by atoms with van der Waals surface area (Å²) in [6.07, 6.45) is 2.16. The third-order valence-corrected chi connectivity index (χ3v) is 3.11. The van der Waals surface area contributed by atoms with E-state index >= 15 is 0 Å². The van der Waals surface area contributed by atoms with E-state index in [0.717, 1.165) is 11.3 Å². The van der Waals surface area contributed by atoms with E-state index in [-0.39, 0.29) is 0 Å². The first kappa shape index (κ1) is 11.0. The summed E-state index contributed by atoms with van der Waals surface area (Å²) in [5, 5.41) is 4.52. The minimum absolute atomic E-state index is 0.343. The molecular formula is C13H18N2O. The van der Waals surface area contributed by atoms with Crippen LogP contribution in [0.2, 0.25) is 0 Å². The summed E-state index contributed by atoms with van der Waals surface area (Å²) in [4.78, 5) is 0. The van der Waals surface area contributed by atoms with E-state index < -0.39 is 0 Å². The van der Waals surface area contributed by atoms with E-state index in [0.29, 0.717) is 6.04 Å². The maximum Gasteiger partial charge on any atom is 0.143 e. The van der Waals surface area contributed by atoms with Crippen molar-refractivity contribution in [2.45, 2.75) is 13.0 Å². The van der Waals surface area contributed by atoms with Gasteiger partial charge in [-0.1, -0.05) is 12.1 Å². The number of nitrogens with zero attached hydrogens (tertiary/aromatic N) is 1. The Balaban J connectivity index is 2.71. The van der Waals surface area contributed by atoms with Crippen molar-refractivity contribution in [3.63, 3.8) is 0 Å². The minimum Gasteiger partial charge on any atom is -0.495 e. The predicted molar refractivity (Wildman–Crippen MR) is 66.9 cm³/mol. The highest BCUT2D eigenvalue weighted by molar-refractivity contribution is 5.89. The molecule has 0 spiro atoms. The van der Waals surface area contributed by atoms with Gasteiger partial charge in [0.05, 0.1) is 12.6 Å². The molecule has 86 valence electrons. The van der Waals surface area contributed by atoms with Crippen molar-refractivity contribution < 1.29 is 4.74 Å². The first-order valence-electron chi connectivity index (χ1n) is 5.48. The van der Waals surface area contributed by atoms with Crippen LogP contribution in [0.4, 0.5) is 0 Å². The molecule has 0 saturated heterocycles. The van der Waals surface area contributed by atoms with Gasteiger partial charge in [0.15, 0.2) is 0 Å². The van der Waals surface area contributed by atoms with Crippen LogP contribution in [0.1, 0.15) is 18.5 Å². The second kappa shape index (κ2) is 4.18. The second-order valence-electron chi connectivity index (χ2n) is 4.06. The molecule has 0 aliphatic rings. The highest BCUT2D eigenvalue weighted by Gasteiger charge is 2.13. The summed E-state index contributed by atoms with van der Waals surface area (Å²) >= 11 is 0. The van der Waals surface area contributed by atoms with Gasteiger partial charge >= 0.3 is 0 Å². The number of benzene rings is 1. The largest absolute Gasteiger partial charge is 0.495 e. The number of hydrogen-bond acceptors (Lipinski definition) is 2. The van der Waals surface area contributed by atoms with Gasteiger partial charge in [-0.05, 0) is 25.6 Å². The number of para-hydroxylation sites is 1. The van der Waals surface area contributed by atoms with E-state index in [9.17, 15) is 0 Å². The molecule has 0 aliphatic heterocycles. The molecule has 1 heterocycles. The van der Waals surface area contributed by atoms with Crippen LogP contribution < -0.4 is 10.1 Å². The first-order chi connectivity index (χ1) is 7.69. The number of hydrogen-bond donors (Lipinski definition) is 1. The number of fused-ring (bicyclic) bond motifs is 1. The summed E-state index contributed by atoms with van der Waals surface area (Å²) < 4.78 is 7.52. The van der Waals surface area contributed by atoms with Gasteiger partial charge in [-0.3, -0.25) is 0 Å². The number of rotatable bonds is 3. The molecule has 1 unspecified atom stereocenters. The fourth-order valence-corrected chi connectivity index (χ4v) is 2.13. The maximum atomic E-state index is 5.39. The fraction of sp³-hybridized carbons (Fsp3) is 0.385. The van der Waals surface area contributed by atoms with Crippen molar-refractivity contribution in [1.29, 1.82) is 0 Å². The van der Waals surface area contributed by atoms with Gasteiger partial charge in [0.1, 0.15) is 5.75 Å². The van der Waals surface area contributed by atoms with Crippen LogP contribution in [0.3, 0.4) is 0 Å². The van der Waals surface area contributed by atoms with Crippen LogP contribution in [-0.4, -0.2) is 18.7 Å². The first-order valence-corrected chi connectivity index (χ1v) is 5.48. The van der Waals surface area contributed by atoms with Crippen molar-refractivity contribution in [2.75, 3.05) is 14.2 Å². The van der Waals surface area contributed by atoms with E-state index in [2.05, 4.69) is 36.1 Å². The van der Waals surface area contributed by atoms with Crippen LogP contribution in [0, 0.1) is 0 Å². The Kier molecular flexibility index (Phi) is 2.88. The SMILES string of the molecule is CNC(C)c1cn(C)c2c(OC)cccc12. The van der Waals surface area contributed by atoms with Gasteiger partial charge in [0.2, 0.25) is 0 Å². The number of aromatic nitrogens is 1. The average Bonchev–Trinajstić information content (AvgIpc) is 2.66. The maximum absolute atomic E-state index is 5.39. The lowest BCUT2D eigenvalue weighted by Gasteiger charge is -2.08. The quantitative estimate of drug-likeness (QED) is 0.856. The molecule has 0 fully saturated rings. The zero-order chi connectivity index (χ0) is 11.7.